The summed E-state index contributed by atoms with van der Waals surface area (Å²) < 4.78 is 52.7. The molecule has 4 saturated heterocycles. The maximum atomic E-state index is 16.9. The lowest BCUT2D eigenvalue weighted by Crippen LogP contribution is -2.47. The first-order chi connectivity index (χ1) is 23.1. The van der Waals surface area contributed by atoms with Crippen molar-refractivity contribution < 1.29 is 32.6 Å². The van der Waals surface area contributed by atoms with E-state index >= 15 is 4.39 Å². The molecule has 2 aromatic heterocycles. The van der Waals surface area contributed by atoms with E-state index in [1.807, 2.05) is 4.90 Å². The fourth-order valence-electron chi connectivity index (χ4n) is 8.53. The number of amides is 2. The predicted octanol–water partition coefficient (Wildman–Crippen LogP) is 4.98. The number of hydrogen-bond donors (Lipinski definition) is 2. The second-order valence-electron chi connectivity index (χ2n) is 13.7. The van der Waals surface area contributed by atoms with Crippen molar-refractivity contribution in [2.75, 3.05) is 37.7 Å². The molecule has 0 saturated carbocycles. The molecule has 250 valence electrons. The number of piperidine rings is 1. The normalized spacial score (nSPS) is 25.8. The second-order valence-corrected chi connectivity index (χ2v) is 13.7. The largest absolute Gasteiger partial charge is 0.508 e. The van der Waals surface area contributed by atoms with E-state index in [1.54, 1.807) is 6.92 Å². The van der Waals surface area contributed by atoms with Crippen molar-refractivity contribution in [3.63, 3.8) is 0 Å². The van der Waals surface area contributed by atoms with Crippen LogP contribution >= 0.6 is 0 Å². The number of nitrogens with zero attached hydrogens (tertiary/aromatic N) is 5. The maximum absolute atomic E-state index is 16.9. The van der Waals surface area contributed by atoms with Crippen molar-refractivity contribution in [1.82, 2.24) is 25.2 Å². The van der Waals surface area contributed by atoms with Crippen molar-refractivity contribution >= 4 is 39.3 Å². The zero-order valence-electron chi connectivity index (χ0n) is 26.5. The van der Waals surface area contributed by atoms with E-state index in [9.17, 15) is 23.5 Å². The third-order valence-electron chi connectivity index (χ3n) is 10.7. The molecule has 48 heavy (non-hydrogen) atoms. The molecule has 10 nitrogen and oxygen atoms in total. The van der Waals surface area contributed by atoms with Gasteiger partial charge in [0.2, 0.25) is 11.8 Å². The van der Waals surface area contributed by atoms with E-state index in [4.69, 9.17) is 9.72 Å². The summed E-state index contributed by atoms with van der Waals surface area (Å²) >= 11 is 0. The molecule has 0 aliphatic carbocycles. The Kier molecular flexibility index (Phi) is 7.24. The molecular formula is C35H35F3N6O4. The Morgan fingerprint density at radius 3 is 2.75 bits per heavy atom. The van der Waals surface area contributed by atoms with Crippen molar-refractivity contribution in [2.45, 2.75) is 63.6 Å². The Morgan fingerprint density at radius 2 is 1.96 bits per heavy atom. The number of hydrogen-bond acceptors (Lipinski definition) is 9. The number of anilines is 1. The Balaban J connectivity index is 1.27. The van der Waals surface area contributed by atoms with E-state index < -0.39 is 28.8 Å². The third-order valence-corrected chi connectivity index (χ3v) is 10.7. The highest BCUT2D eigenvalue weighted by Crippen LogP contribution is 2.43. The van der Waals surface area contributed by atoms with Gasteiger partial charge >= 0.3 is 6.01 Å². The Hall–Kier alpha value is -4.52. The van der Waals surface area contributed by atoms with Gasteiger partial charge in [0.25, 0.3) is 0 Å². The highest BCUT2D eigenvalue weighted by atomic mass is 19.1. The molecule has 2 amide bonds. The van der Waals surface area contributed by atoms with Crippen LogP contribution in [0, 0.1) is 17.0 Å². The number of benzene rings is 2. The number of aromatic hydroxyl groups is 1. The molecule has 1 spiro atoms. The number of carbonyl (C=O) groups excluding carboxylic acids is 2. The summed E-state index contributed by atoms with van der Waals surface area (Å²) in [5.41, 5.74) is -1.10. The molecule has 8 rings (SSSR count). The van der Waals surface area contributed by atoms with Gasteiger partial charge in [0, 0.05) is 44.2 Å². The lowest BCUT2D eigenvalue weighted by Gasteiger charge is -2.39. The fourth-order valence-corrected chi connectivity index (χ4v) is 8.53. The summed E-state index contributed by atoms with van der Waals surface area (Å²) in [7, 11) is 0. The summed E-state index contributed by atoms with van der Waals surface area (Å²) in [4.78, 5) is 42.9. The molecule has 0 radical (unpaired) electrons. The van der Waals surface area contributed by atoms with Crippen LogP contribution in [0.2, 0.25) is 0 Å². The summed E-state index contributed by atoms with van der Waals surface area (Å²) in [5.74, 6) is -1.77. The van der Waals surface area contributed by atoms with E-state index in [0.29, 0.717) is 60.9 Å². The number of rotatable bonds is 6. The molecular weight excluding hydrogens is 625 g/mol. The van der Waals surface area contributed by atoms with E-state index in [1.165, 1.54) is 30.5 Å². The van der Waals surface area contributed by atoms with Crippen LogP contribution < -0.4 is 15.0 Å². The topological polar surface area (TPSA) is 121 Å². The quantitative estimate of drug-likeness (QED) is 0.276. The van der Waals surface area contributed by atoms with Gasteiger partial charge in [-0.3, -0.25) is 24.8 Å². The molecule has 2 aromatic carbocycles. The monoisotopic (exact) mass is 660 g/mol. The predicted molar refractivity (Wildman–Crippen MR) is 171 cm³/mol. The van der Waals surface area contributed by atoms with Gasteiger partial charge in [-0.2, -0.15) is 9.97 Å². The summed E-state index contributed by atoms with van der Waals surface area (Å²) in [5, 5.41) is 14.2. The lowest BCUT2D eigenvalue weighted by atomic mass is 9.78. The average molecular weight is 661 g/mol. The Bertz CT molecular complexity index is 2010. The number of phenols is 1. The van der Waals surface area contributed by atoms with Crippen LogP contribution in [-0.2, 0) is 16.0 Å². The number of halogens is 3. The first kappa shape index (κ1) is 30.8. The maximum Gasteiger partial charge on any atom is 0.319 e. The minimum Gasteiger partial charge on any atom is -0.508 e. The van der Waals surface area contributed by atoms with Crippen molar-refractivity contribution in [3.05, 3.63) is 47.7 Å². The number of alkyl halides is 1. The highest BCUT2D eigenvalue weighted by molar-refractivity contribution is 6.06. The lowest BCUT2D eigenvalue weighted by molar-refractivity contribution is -0.128. The minimum absolute atomic E-state index is 0.0507. The number of ether oxygens (including phenoxy) is 1. The van der Waals surface area contributed by atoms with Gasteiger partial charge in [-0.15, -0.1) is 0 Å². The number of pyridine rings is 1. The van der Waals surface area contributed by atoms with Crippen LogP contribution in [0.1, 0.15) is 51.0 Å². The van der Waals surface area contributed by atoms with Crippen LogP contribution in [0.5, 0.6) is 11.8 Å². The van der Waals surface area contributed by atoms with Crippen molar-refractivity contribution in [3.8, 4) is 23.0 Å². The van der Waals surface area contributed by atoms with Gasteiger partial charge in [-0.1, -0.05) is 13.0 Å². The van der Waals surface area contributed by atoms with Crippen LogP contribution in [0.4, 0.5) is 19.0 Å². The number of nitrogens with one attached hydrogen (secondary N) is 1. The van der Waals surface area contributed by atoms with Gasteiger partial charge in [-0.25, -0.2) is 13.2 Å². The molecule has 0 bridgehead atoms. The number of aromatic nitrogens is 3. The Morgan fingerprint density at radius 1 is 1.12 bits per heavy atom. The second kappa shape index (κ2) is 11.3. The van der Waals surface area contributed by atoms with Crippen molar-refractivity contribution in [1.29, 1.82) is 0 Å². The number of phenolic OH excluding ortho intramolecular Hbond substituents is 1. The minimum atomic E-state index is -0.965. The average Bonchev–Trinajstić information content (AvgIpc) is 3.68. The van der Waals surface area contributed by atoms with Gasteiger partial charge in [0.05, 0.1) is 16.3 Å². The molecule has 3 atom stereocenters. The molecule has 2 N–H and O–H groups in total. The first-order valence-corrected chi connectivity index (χ1v) is 16.5. The zero-order chi connectivity index (χ0) is 33.4. The smallest absolute Gasteiger partial charge is 0.319 e. The summed E-state index contributed by atoms with van der Waals surface area (Å²) in [6.07, 6.45) is 3.97. The van der Waals surface area contributed by atoms with Gasteiger partial charge in [0.15, 0.2) is 5.82 Å². The number of aryl methyl sites for hydroxylation is 1. The Labute approximate surface area is 274 Å². The zero-order valence-corrected chi connectivity index (χ0v) is 26.5. The molecule has 4 aromatic rings. The van der Waals surface area contributed by atoms with Crippen LogP contribution in [0.15, 0.2) is 30.5 Å². The standard InChI is InChI=1S/C35H35F3N6O4/c1-2-22-25(37)6-5-19-11-21(45)12-23(27(19)22)29-28(38)30-24(15-39-29)31(43-9-3-7-34(17-43)14-26(46)40-32(34)47)42-33(41-30)48-18-35-8-4-10-44(35)16-20(36)13-35/h5-6,11-12,15,20,45H,2-4,7-10,13-14,16-18H2,1H3,(H,40,46,47)/t20-,34?,35+/m1/s1. The van der Waals surface area contributed by atoms with Gasteiger partial charge in [0.1, 0.15) is 41.4 Å². The van der Waals surface area contributed by atoms with E-state index in [0.717, 1.165) is 19.4 Å². The van der Waals surface area contributed by atoms with Gasteiger partial charge in [-0.05, 0) is 73.2 Å². The summed E-state index contributed by atoms with van der Waals surface area (Å²) in [6, 6.07) is 5.61. The highest BCUT2D eigenvalue weighted by Gasteiger charge is 2.51. The van der Waals surface area contributed by atoms with E-state index in [-0.39, 0.29) is 65.3 Å². The molecule has 4 aliphatic heterocycles. The molecule has 4 aliphatic rings. The van der Waals surface area contributed by atoms with Gasteiger partial charge < -0.3 is 14.7 Å². The van der Waals surface area contributed by atoms with Crippen LogP contribution in [0.25, 0.3) is 32.9 Å². The SMILES string of the molecule is CCc1c(F)ccc2cc(O)cc(-c3ncc4c(N5CCCC6(CC(=O)NC6=O)C5)nc(OC[C@@]56CCCN5C[C@H](F)C6)nc4c3F)c12. The number of fused-ring (bicyclic) bond motifs is 3. The number of imide groups is 1. The molecule has 13 heteroatoms. The molecule has 4 fully saturated rings. The van der Waals surface area contributed by atoms with Crippen molar-refractivity contribution in [2.24, 2.45) is 5.41 Å². The molecule has 1 unspecified atom stereocenters. The van der Waals surface area contributed by atoms with Crippen LogP contribution in [0.3, 0.4) is 0 Å². The van der Waals surface area contributed by atoms with E-state index in [2.05, 4.69) is 20.2 Å². The first-order valence-electron chi connectivity index (χ1n) is 16.5. The van der Waals surface area contributed by atoms with Crippen LogP contribution in [-0.4, -0.2) is 81.3 Å². The summed E-state index contributed by atoms with van der Waals surface area (Å²) in [6.45, 7) is 3.69. The third kappa shape index (κ3) is 4.84. The number of carbonyl (C=O) groups is 2. The molecule has 6 heterocycles. The fraction of sp³-hybridized carbons (Fsp3) is 0.457.